The predicted molar refractivity (Wildman–Crippen MR) is 118 cm³/mol. The second-order valence-electron chi connectivity index (χ2n) is 8.19. The van der Waals surface area contributed by atoms with Crippen LogP contribution in [-0.2, 0) is 14.8 Å². The standard InChI is InChI=1S/C23H29FN2O4S/c1-15(2)18-6-8-21(30-4)22(13-18)31(28,29)26-11-9-17(10-12-26)23(27)25-20-14-19(24)7-5-16(20)3/h5-8,13-15,17H,9-12H2,1-4H3,(H,25,27). The molecule has 0 unspecified atom stereocenters. The van der Waals surface area contributed by atoms with E-state index in [1.165, 1.54) is 23.5 Å². The van der Waals surface area contributed by atoms with Gasteiger partial charge in [-0.15, -0.1) is 0 Å². The molecule has 1 amide bonds. The third kappa shape index (κ3) is 5.07. The van der Waals surface area contributed by atoms with Crippen LogP contribution >= 0.6 is 0 Å². The molecule has 0 bridgehead atoms. The summed E-state index contributed by atoms with van der Waals surface area (Å²) in [6, 6.07) is 9.47. The molecule has 8 heteroatoms. The Bertz CT molecular complexity index is 1060. The third-order valence-electron chi connectivity index (χ3n) is 5.75. The number of methoxy groups -OCH3 is 1. The van der Waals surface area contributed by atoms with Crippen molar-refractivity contribution in [2.75, 3.05) is 25.5 Å². The summed E-state index contributed by atoms with van der Waals surface area (Å²) in [5, 5.41) is 2.78. The number of anilines is 1. The van der Waals surface area contributed by atoms with Gasteiger partial charge in [0.15, 0.2) is 0 Å². The fraction of sp³-hybridized carbons (Fsp3) is 0.435. The van der Waals surface area contributed by atoms with E-state index in [1.807, 2.05) is 19.9 Å². The maximum absolute atomic E-state index is 13.5. The van der Waals surface area contributed by atoms with E-state index < -0.39 is 15.8 Å². The van der Waals surface area contributed by atoms with Crippen molar-refractivity contribution in [2.24, 2.45) is 5.92 Å². The number of aryl methyl sites for hydroxylation is 1. The zero-order valence-corrected chi connectivity index (χ0v) is 19.1. The lowest BCUT2D eigenvalue weighted by Crippen LogP contribution is -2.41. The molecule has 0 atom stereocenters. The zero-order chi connectivity index (χ0) is 22.8. The summed E-state index contributed by atoms with van der Waals surface area (Å²) in [6.45, 7) is 6.27. The zero-order valence-electron chi connectivity index (χ0n) is 18.3. The second kappa shape index (κ2) is 9.36. The molecule has 1 saturated heterocycles. The van der Waals surface area contributed by atoms with E-state index >= 15 is 0 Å². The van der Waals surface area contributed by atoms with E-state index in [0.29, 0.717) is 24.3 Å². The molecule has 1 aliphatic heterocycles. The molecule has 31 heavy (non-hydrogen) atoms. The van der Waals surface area contributed by atoms with Crippen LogP contribution in [0.2, 0.25) is 0 Å². The number of carbonyl (C=O) groups is 1. The van der Waals surface area contributed by atoms with Crippen molar-refractivity contribution in [3.63, 3.8) is 0 Å². The van der Waals surface area contributed by atoms with E-state index in [-0.39, 0.29) is 35.7 Å². The highest BCUT2D eigenvalue weighted by atomic mass is 32.2. The number of rotatable bonds is 6. The van der Waals surface area contributed by atoms with Gasteiger partial charge in [0.25, 0.3) is 0 Å². The maximum atomic E-state index is 13.5. The Hall–Kier alpha value is -2.45. The van der Waals surface area contributed by atoms with E-state index in [1.54, 1.807) is 25.1 Å². The number of hydrogen-bond acceptors (Lipinski definition) is 4. The molecule has 168 valence electrons. The van der Waals surface area contributed by atoms with Crippen LogP contribution in [0.5, 0.6) is 5.75 Å². The molecule has 2 aromatic carbocycles. The average Bonchev–Trinajstić information content (AvgIpc) is 2.75. The van der Waals surface area contributed by atoms with Crippen molar-refractivity contribution in [3.8, 4) is 5.75 Å². The van der Waals surface area contributed by atoms with Crippen molar-refractivity contribution in [1.82, 2.24) is 4.31 Å². The minimum absolute atomic E-state index is 0.152. The van der Waals surface area contributed by atoms with Crippen LogP contribution in [0.4, 0.5) is 10.1 Å². The first-order valence-electron chi connectivity index (χ1n) is 10.4. The second-order valence-corrected chi connectivity index (χ2v) is 10.1. The Morgan fingerprint density at radius 1 is 1.16 bits per heavy atom. The van der Waals surface area contributed by atoms with E-state index in [0.717, 1.165) is 11.1 Å². The Labute approximate surface area is 183 Å². The van der Waals surface area contributed by atoms with Crippen molar-refractivity contribution >= 4 is 21.6 Å². The molecule has 6 nitrogen and oxygen atoms in total. The lowest BCUT2D eigenvalue weighted by atomic mass is 9.97. The highest BCUT2D eigenvalue weighted by Gasteiger charge is 2.34. The summed E-state index contributed by atoms with van der Waals surface area (Å²) in [5.41, 5.74) is 2.13. The van der Waals surface area contributed by atoms with Gasteiger partial charge < -0.3 is 10.1 Å². The number of nitrogens with zero attached hydrogens (tertiary/aromatic N) is 1. The van der Waals surface area contributed by atoms with Crippen LogP contribution in [0.25, 0.3) is 0 Å². The fourth-order valence-corrected chi connectivity index (χ4v) is 5.38. The van der Waals surface area contributed by atoms with Crippen molar-refractivity contribution in [1.29, 1.82) is 0 Å². The van der Waals surface area contributed by atoms with Crippen molar-refractivity contribution < 1.29 is 22.3 Å². The highest BCUT2D eigenvalue weighted by molar-refractivity contribution is 7.89. The van der Waals surface area contributed by atoms with Gasteiger partial charge in [-0.25, -0.2) is 12.8 Å². The first kappa shape index (κ1) is 23.2. The minimum Gasteiger partial charge on any atom is -0.495 e. The quantitative estimate of drug-likeness (QED) is 0.715. The van der Waals surface area contributed by atoms with Gasteiger partial charge in [0.1, 0.15) is 16.5 Å². The van der Waals surface area contributed by atoms with Gasteiger partial charge in [-0.1, -0.05) is 26.0 Å². The first-order valence-corrected chi connectivity index (χ1v) is 11.8. The molecule has 3 rings (SSSR count). The van der Waals surface area contributed by atoms with Gasteiger partial charge in [0.2, 0.25) is 15.9 Å². The van der Waals surface area contributed by atoms with Gasteiger partial charge in [-0.2, -0.15) is 4.31 Å². The van der Waals surface area contributed by atoms with Gasteiger partial charge in [0, 0.05) is 24.7 Å². The summed E-state index contributed by atoms with van der Waals surface area (Å²) in [7, 11) is -2.30. The molecule has 1 N–H and O–H groups in total. The number of carbonyl (C=O) groups excluding carboxylic acids is 1. The number of halogens is 1. The summed E-state index contributed by atoms with van der Waals surface area (Å²) < 4.78 is 46.8. The third-order valence-corrected chi connectivity index (χ3v) is 7.67. The molecule has 1 heterocycles. The number of ether oxygens (including phenoxy) is 1. The van der Waals surface area contributed by atoms with Crippen LogP contribution in [0, 0.1) is 18.7 Å². The maximum Gasteiger partial charge on any atom is 0.246 e. The smallest absolute Gasteiger partial charge is 0.246 e. The van der Waals surface area contributed by atoms with Crippen LogP contribution in [-0.4, -0.2) is 38.8 Å². The number of sulfonamides is 1. The van der Waals surface area contributed by atoms with Crippen molar-refractivity contribution in [3.05, 3.63) is 53.3 Å². The Balaban J connectivity index is 1.72. The monoisotopic (exact) mass is 448 g/mol. The number of benzene rings is 2. The molecular formula is C23H29FN2O4S. The number of hydrogen-bond donors (Lipinski definition) is 1. The largest absolute Gasteiger partial charge is 0.495 e. The summed E-state index contributed by atoms with van der Waals surface area (Å²) >= 11 is 0. The molecule has 1 fully saturated rings. The fourth-order valence-electron chi connectivity index (χ4n) is 3.72. The first-order chi connectivity index (χ1) is 14.6. The summed E-state index contributed by atoms with van der Waals surface area (Å²) in [5.74, 6) is -0.478. The van der Waals surface area contributed by atoms with Crippen LogP contribution in [0.1, 0.15) is 43.7 Å². The van der Waals surface area contributed by atoms with Gasteiger partial charge in [0.05, 0.1) is 7.11 Å². The van der Waals surface area contributed by atoms with Crippen molar-refractivity contribution in [2.45, 2.75) is 44.4 Å². The average molecular weight is 449 g/mol. The summed E-state index contributed by atoms with van der Waals surface area (Å²) in [6.07, 6.45) is 0.789. The molecule has 0 saturated carbocycles. The molecule has 0 aromatic heterocycles. The lowest BCUT2D eigenvalue weighted by Gasteiger charge is -2.31. The molecule has 1 aliphatic rings. The normalized spacial score (nSPS) is 15.8. The van der Waals surface area contributed by atoms with E-state index in [9.17, 15) is 17.6 Å². The molecule has 0 aliphatic carbocycles. The highest BCUT2D eigenvalue weighted by Crippen LogP contribution is 2.32. The van der Waals surface area contributed by atoms with Gasteiger partial charge >= 0.3 is 0 Å². The molecule has 0 spiro atoms. The topological polar surface area (TPSA) is 75.7 Å². The Morgan fingerprint density at radius 2 is 1.84 bits per heavy atom. The van der Waals surface area contributed by atoms with E-state index in [2.05, 4.69) is 5.32 Å². The Kier molecular flexibility index (Phi) is 7.01. The summed E-state index contributed by atoms with van der Waals surface area (Å²) in [4.78, 5) is 12.8. The Morgan fingerprint density at radius 3 is 2.45 bits per heavy atom. The molecule has 0 radical (unpaired) electrons. The predicted octanol–water partition coefficient (Wildman–Crippen LogP) is 4.31. The molecular weight excluding hydrogens is 419 g/mol. The number of piperidine rings is 1. The van der Waals surface area contributed by atoms with E-state index in [4.69, 9.17) is 4.74 Å². The SMILES string of the molecule is COc1ccc(C(C)C)cc1S(=O)(=O)N1CCC(C(=O)Nc2cc(F)ccc2C)CC1. The van der Waals surface area contributed by atoms with Gasteiger partial charge in [-0.05, 0) is 61.1 Å². The number of amides is 1. The van der Waals surface area contributed by atoms with Crippen LogP contribution in [0.15, 0.2) is 41.3 Å². The van der Waals surface area contributed by atoms with Gasteiger partial charge in [-0.3, -0.25) is 4.79 Å². The van der Waals surface area contributed by atoms with Crippen LogP contribution in [0.3, 0.4) is 0 Å². The minimum atomic E-state index is -3.75. The number of nitrogens with one attached hydrogen (secondary N) is 1. The van der Waals surface area contributed by atoms with Crippen LogP contribution < -0.4 is 10.1 Å². The lowest BCUT2D eigenvalue weighted by molar-refractivity contribution is -0.120. The molecule has 2 aromatic rings.